The van der Waals surface area contributed by atoms with Gasteiger partial charge in [0.05, 0.1) is 45.4 Å². The van der Waals surface area contributed by atoms with Gasteiger partial charge in [0, 0.05) is 79.9 Å². The second-order valence-electron chi connectivity index (χ2n) is 21.5. The minimum atomic E-state index is -0.976. The van der Waals surface area contributed by atoms with Crippen LogP contribution >= 0.6 is 22.9 Å². The fourth-order valence-electron chi connectivity index (χ4n) is 10.6. The van der Waals surface area contributed by atoms with E-state index in [1.165, 1.54) is 4.90 Å². The molecule has 380 valence electrons. The lowest BCUT2D eigenvalue weighted by atomic mass is 9.49. The van der Waals surface area contributed by atoms with Crippen LogP contribution in [0.3, 0.4) is 0 Å². The SMILES string of the molecule is Cc1ncsc1-c1ccc([C@H](C)NC(=O)[C@@H]2C[C@@H](O)CN2C(=O)C(NC(=O)C(C)OCCN2CCN(c3ccc(C(=O)NC4C(C)(C)C(Oc5ccc(C#N)c(Cl)c5)C4(C)C)cc3)CC2)C(C)(C)C)cc1. The largest absolute Gasteiger partial charge is 0.489 e. The van der Waals surface area contributed by atoms with E-state index in [4.69, 9.17) is 21.1 Å². The van der Waals surface area contributed by atoms with Gasteiger partial charge in [-0.3, -0.25) is 24.1 Å². The number of aliphatic hydroxyl groups excluding tert-OH is 1. The number of thiazole rings is 1. The molecule has 5 atom stereocenters. The van der Waals surface area contributed by atoms with Crippen molar-refractivity contribution in [3.63, 3.8) is 0 Å². The molecule has 17 heteroatoms. The second-order valence-corrected chi connectivity index (χ2v) is 22.8. The first kappa shape index (κ1) is 53.2. The minimum Gasteiger partial charge on any atom is -0.489 e. The van der Waals surface area contributed by atoms with Crippen LogP contribution in [0.2, 0.25) is 5.02 Å². The van der Waals surface area contributed by atoms with Crippen LogP contribution in [0.1, 0.15) is 102 Å². The van der Waals surface area contributed by atoms with Gasteiger partial charge >= 0.3 is 0 Å². The molecule has 2 aliphatic heterocycles. The Kier molecular flexibility index (Phi) is 16.2. The Morgan fingerprint density at radius 2 is 1.62 bits per heavy atom. The van der Waals surface area contributed by atoms with Crippen molar-refractivity contribution < 1.29 is 33.8 Å². The van der Waals surface area contributed by atoms with Crippen LogP contribution < -0.4 is 25.6 Å². The first-order valence-electron chi connectivity index (χ1n) is 24.5. The number of halogens is 1. The predicted molar refractivity (Wildman–Crippen MR) is 276 cm³/mol. The van der Waals surface area contributed by atoms with Crippen LogP contribution in [0.5, 0.6) is 5.75 Å². The molecule has 3 heterocycles. The summed E-state index contributed by atoms with van der Waals surface area (Å²) in [5.74, 6) is -0.804. The maximum absolute atomic E-state index is 14.2. The zero-order valence-corrected chi connectivity index (χ0v) is 44.1. The number of hydrogen-bond acceptors (Lipinski definition) is 12. The Balaban J connectivity index is 0.846. The molecule has 0 spiro atoms. The molecule has 15 nitrogen and oxygen atoms in total. The molecular formula is C54H69ClN8O7S. The molecule has 1 aromatic heterocycles. The Hall–Kier alpha value is -5.57. The number of carbonyl (C=O) groups is 4. The van der Waals surface area contributed by atoms with Crippen molar-refractivity contribution in [2.24, 2.45) is 16.2 Å². The predicted octanol–water partition coefficient (Wildman–Crippen LogP) is 7.15. The number of hydrogen-bond donors (Lipinski definition) is 4. The minimum absolute atomic E-state index is 0.0195. The van der Waals surface area contributed by atoms with E-state index in [9.17, 15) is 29.5 Å². The molecule has 0 bridgehead atoms. The first-order chi connectivity index (χ1) is 33.5. The summed E-state index contributed by atoms with van der Waals surface area (Å²) < 4.78 is 12.4. The van der Waals surface area contributed by atoms with Gasteiger partial charge in [0.1, 0.15) is 36.1 Å². The number of rotatable bonds is 16. The van der Waals surface area contributed by atoms with Gasteiger partial charge in [0.15, 0.2) is 0 Å². The highest BCUT2D eigenvalue weighted by molar-refractivity contribution is 7.13. The molecule has 1 aliphatic carbocycles. The van der Waals surface area contributed by atoms with E-state index in [0.717, 1.165) is 53.6 Å². The van der Waals surface area contributed by atoms with Crippen molar-refractivity contribution in [2.45, 2.75) is 118 Å². The summed E-state index contributed by atoms with van der Waals surface area (Å²) in [6, 6.07) is 20.4. The number of nitrogens with one attached hydrogen (secondary N) is 3. The third-order valence-electron chi connectivity index (χ3n) is 14.5. The number of aryl methyl sites for hydroxylation is 1. The average molecular weight is 1010 g/mol. The highest BCUT2D eigenvalue weighted by Crippen LogP contribution is 2.55. The maximum Gasteiger partial charge on any atom is 0.251 e. The van der Waals surface area contributed by atoms with Crippen LogP contribution in [-0.2, 0) is 19.1 Å². The van der Waals surface area contributed by atoms with E-state index in [2.05, 4.69) is 64.5 Å². The Labute approximate surface area is 427 Å². The average Bonchev–Trinajstić information content (AvgIpc) is 3.96. The monoisotopic (exact) mass is 1010 g/mol. The van der Waals surface area contributed by atoms with E-state index in [0.29, 0.717) is 35.1 Å². The van der Waals surface area contributed by atoms with E-state index in [1.807, 2.05) is 88.7 Å². The van der Waals surface area contributed by atoms with Gasteiger partial charge < -0.3 is 40.3 Å². The van der Waals surface area contributed by atoms with Crippen LogP contribution in [0.25, 0.3) is 10.4 Å². The van der Waals surface area contributed by atoms with E-state index in [1.54, 1.807) is 36.5 Å². The highest BCUT2D eigenvalue weighted by Gasteiger charge is 2.64. The third-order valence-corrected chi connectivity index (χ3v) is 15.8. The molecule has 71 heavy (non-hydrogen) atoms. The summed E-state index contributed by atoms with van der Waals surface area (Å²) in [6.45, 7) is 23.4. The van der Waals surface area contributed by atoms with Gasteiger partial charge in [-0.1, -0.05) is 84.3 Å². The number of β-amino-alcohol motifs (C(OH)–C–C–N with tert-alkyl or cyclic N) is 1. The van der Waals surface area contributed by atoms with Gasteiger partial charge in [-0.25, -0.2) is 4.98 Å². The zero-order chi connectivity index (χ0) is 51.6. The molecule has 4 amide bonds. The fourth-order valence-corrected chi connectivity index (χ4v) is 11.6. The van der Waals surface area contributed by atoms with Gasteiger partial charge in [0.2, 0.25) is 17.7 Å². The zero-order valence-electron chi connectivity index (χ0n) is 42.5. The number of nitrogens with zero attached hydrogens (tertiary/aromatic N) is 5. The van der Waals surface area contributed by atoms with Gasteiger partial charge in [0.25, 0.3) is 5.91 Å². The molecule has 1 saturated carbocycles. The molecule has 2 unspecified atom stereocenters. The van der Waals surface area contributed by atoms with Crippen molar-refractivity contribution >= 4 is 52.3 Å². The maximum atomic E-state index is 14.2. The Bertz CT molecular complexity index is 2580. The first-order valence-corrected chi connectivity index (χ1v) is 25.7. The fraction of sp³-hybridized carbons (Fsp3) is 0.519. The topological polar surface area (TPSA) is 189 Å². The van der Waals surface area contributed by atoms with Crippen molar-refractivity contribution in [3.8, 4) is 22.3 Å². The molecule has 3 aromatic carbocycles. The smallest absolute Gasteiger partial charge is 0.251 e. The number of amides is 4. The van der Waals surface area contributed by atoms with E-state index in [-0.39, 0.29) is 53.8 Å². The lowest BCUT2D eigenvalue weighted by Crippen LogP contribution is -2.74. The van der Waals surface area contributed by atoms with Gasteiger partial charge in [-0.05, 0) is 73.7 Å². The molecule has 4 N–H and O–H groups in total. The van der Waals surface area contributed by atoms with Crippen molar-refractivity contribution in [3.05, 3.63) is 99.6 Å². The summed E-state index contributed by atoms with van der Waals surface area (Å²) in [4.78, 5) is 66.5. The van der Waals surface area contributed by atoms with Crippen LogP contribution in [0.15, 0.2) is 72.2 Å². The number of benzene rings is 3. The standard InChI is InChI=1S/C54H69ClN8O7S/c1-32(35-11-13-36(14-12-35)44-33(2)57-31-71-44)58-48(67)43-27-40(64)30-63(43)49(68)45(52(4,5)6)59-46(65)34(3)69-26-25-61-21-23-62(24-22-61)39-18-15-37(16-19-39)47(66)60-50-53(7,8)51(54(50,9)10)70-41-20-17-38(29-56)42(55)28-41/h11-20,28,31-32,34,40,43,45,50-51,64H,21-27,30H2,1-10H3,(H,58,67)(H,59,65)(H,60,66)/t32-,34?,40+,43-,45?,50?,51?/m0/s1. The molecule has 4 aromatic rings. The lowest BCUT2D eigenvalue weighted by Gasteiger charge is -2.63. The molecule has 0 radical (unpaired) electrons. The quantitative estimate of drug-likeness (QED) is 0.0892. The molecule has 3 fully saturated rings. The Morgan fingerprint density at radius 3 is 2.21 bits per heavy atom. The molecular weight excluding hydrogens is 940 g/mol. The number of piperazine rings is 1. The number of likely N-dealkylation sites (tertiary alicyclic amines) is 1. The lowest BCUT2D eigenvalue weighted by molar-refractivity contribution is -0.164. The molecule has 2 saturated heterocycles. The summed E-state index contributed by atoms with van der Waals surface area (Å²) >= 11 is 7.84. The number of aromatic nitrogens is 1. The van der Waals surface area contributed by atoms with Crippen molar-refractivity contribution in [1.29, 1.82) is 5.26 Å². The normalized spacial score (nSPS) is 22.1. The van der Waals surface area contributed by atoms with E-state index < -0.39 is 41.5 Å². The third kappa shape index (κ3) is 11.9. The summed E-state index contributed by atoms with van der Waals surface area (Å²) in [5.41, 5.74) is 5.24. The summed E-state index contributed by atoms with van der Waals surface area (Å²) in [5, 5.41) is 29.5. The molecule has 3 aliphatic rings. The number of anilines is 1. The molecule has 7 rings (SSSR count). The number of nitriles is 1. The van der Waals surface area contributed by atoms with Crippen LogP contribution in [0, 0.1) is 34.5 Å². The second kappa shape index (κ2) is 21.6. The number of ether oxygens (including phenoxy) is 2. The van der Waals surface area contributed by atoms with E-state index >= 15 is 0 Å². The van der Waals surface area contributed by atoms with Gasteiger partial charge in [-0.15, -0.1) is 11.3 Å². The summed E-state index contributed by atoms with van der Waals surface area (Å²) in [7, 11) is 0. The van der Waals surface area contributed by atoms with Crippen LogP contribution in [-0.4, -0.2) is 126 Å². The number of aliphatic hydroxyl groups is 1. The van der Waals surface area contributed by atoms with Crippen molar-refractivity contribution in [1.82, 2.24) is 30.7 Å². The van der Waals surface area contributed by atoms with Crippen molar-refractivity contribution in [2.75, 3.05) is 50.8 Å². The Morgan fingerprint density at radius 1 is 0.958 bits per heavy atom. The number of carbonyl (C=O) groups excluding carboxylic acids is 4. The summed E-state index contributed by atoms with van der Waals surface area (Å²) in [6.07, 6.45) is -1.84. The van der Waals surface area contributed by atoms with Crippen LogP contribution in [0.4, 0.5) is 5.69 Å². The van der Waals surface area contributed by atoms with Gasteiger partial charge in [-0.2, -0.15) is 5.26 Å². The highest BCUT2D eigenvalue weighted by atomic mass is 35.5.